The normalized spacial score (nSPS) is 12.4. The summed E-state index contributed by atoms with van der Waals surface area (Å²) in [5, 5.41) is 0. The van der Waals surface area contributed by atoms with Gasteiger partial charge in [-0.2, -0.15) is 8.42 Å². The highest BCUT2D eigenvalue weighted by molar-refractivity contribution is 7.85. The smallest absolute Gasteiger partial charge is 0.305 e. The number of carbonyl (C=O) groups is 1. The second kappa shape index (κ2) is 9.49. The van der Waals surface area contributed by atoms with E-state index in [0.29, 0.717) is 0 Å². The van der Waals surface area contributed by atoms with E-state index in [1.807, 2.05) is 0 Å². The molecule has 0 fully saturated rings. The average molecular weight is 326 g/mol. The molecular formula is C12H26O6SSi. The molecule has 0 aliphatic rings. The summed E-state index contributed by atoms with van der Waals surface area (Å²) in [6.45, 7) is 4.07. The number of rotatable bonds is 11. The first-order valence-corrected chi connectivity index (χ1v) is 11.5. The minimum Gasteiger partial charge on any atom is -0.464 e. The van der Waals surface area contributed by atoms with Crippen molar-refractivity contribution >= 4 is 24.4 Å². The minimum absolute atomic E-state index is 0.286. The summed E-state index contributed by atoms with van der Waals surface area (Å²) in [6, 6.07) is 1.11. The van der Waals surface area contributed by atoms with Crippen LogP contribution in [0.4, 0.5) is 0 Å². The van der Waals surface area contributed by atoms with E-state index in [0.717, 1.165) is 31.7 Å². The van der Waals surface area contributed by atoms with E-state index in [1.54, 1.807) is 7.11 Å². The summed E-state index contributed by atoms with van der Waals surface area (Å²) >= 11 is 0. The van der Waals surface area contributed by atoms with Crippen molar-refractivity contribution in [3.63, 3.8) is 0 Å². The topological polar surface area (TPSA) is 89.9 Å². The number of hydrogen-bond acceptors (Lipinski definition) is 5. The molecule has 0 radical (unpaired) electrons. The van der Waals surface area contributed by atoms with Crippen LogP contribution in [0.15, 0.2) is 0 Å². The lowest BCUT2D eigenvalue weighted by molar-refractivity contribution is -0.143. The Morgan fingerprint density at radius 3 is 2.30 bits per heavy atom. The summed E-state index contributed by atoms with van der Waals surface area (Å²) < 4.78 is 39.4. The summed E-state index contributed by atoms with van der Waals surface area (Å²) in [5.41, 5.74) is 0. The number of carbonyl (C=O) groups excluding carboxylic acids is 1. The fraction of sp³-hybridized carbons (Fsp3) is 0.917. The molecule has 0 aromatic heterocycles. The molecule has 6 nitrogen and oxygen atoms in total. The van der Waals surface area contributed by atoms with E-state index in [9.17, 15) is 13.2 Å². The molecule has 120 valence electrons. The Morgan fingerprint density at radius 1 is 1.15 bits per heavy atom. The van der Waals surface area contributed by atoms with Gasteiger partial charge in [0.15, 0.2) is 8.32 Å². The van der Waals surface area contributed by atoms with Crippen molar-refractivity contribution < 1.29 is 26.9 Å². The first-order valence-electron chi connectivity index (χ1n) is 6.82. The predicted octanol–water partition coefficient (Wildman–Crippen LogP) is 2.22. The van der Waals surface area contributed by atoms with E-state index in [4.69, 9.17) is 13.7 Å². The number of esters is 1. The van der Waals surface area contributed by atoms with E-state index in [2.05, 4.69) is 13.1 Å². The molecule has 0 aliphatic heterocycles. The van der Waals surface area contributed by atoms with Crippen LogP contribution >= 0.6 is 0 Å². The Labute approximate surface area is 122 Å². The van der Waals surface area contributed by atoms with Crippen LogP contribution < -0.4 is 0 Å². The van der Waals surface area contributed by atoms with E-state index < -0.39 is 30.2 Å². The number of ether oxygens (including phenoxy) is 1. The zero-order chi connectivity index (χ0) is 15.6. The molecular weight excluding hydrogens is 300 g/mol. The number of hydrogen-bond donors (Lipinski definition) is 1. The maximum atomic E-state index is 11.3. The van der Waals surface area contributed by atoms with E-state index in [1.165, 1.54) is 0 Å². The Kier molecular flexibility index (Phi) is 9.28. The third-order valence-corrected chi connectivity index (χ3v) is 6.41. The standard InChI is InChI=1S/C12H26O6SSi/c1-17-20(2,3)11-7-5-4-6-8-12(13)18-9-10-19(14,15)16/h4-11H2,1-3H3,(H,14,15,16). The van der Waals surface area contributed by atoms with E-state index in [-0.39, 0.29) is 13.0 Å². The molecule has 0 saturated carbocycles. The molecule has 0 spiro atoms. The van der Waals surface area contributed by atoms with Crippen LogP contribution in [0, 0.1) is 0 Å². The molecule has 0 heterocycles. The number of unbranched alkanes of at least 4 members (excludes halogenated alkanes) is 3. The molecule has 0 aromatic carbocycles. The third kappa shape index (κ3) is 12.6. The maximum Gasteiger partial charge on any atom is 0.305 e. The Balaban J connectivity index is 3.49. The highest BCUT2D eigenvalue weighted by Crippen LogP contribution is 2.16. The Bertz CT molecular complexity index is 379. The summed E-state index contributed by atoms with van der Waals surface area (Å²) in [7, 11) is -3.76. The molecule has 0 amide bonds. The first kappa shape index (κ1) is 19.6. The van der Waals surface area contributed by atoms with Crippen molar-refractivity contribution in [3.05, 3.63) is 0 Å². The van der Waals surface area contributed by atoms with Gasteiger partial charge in [-0.25, -0.2) is 0 Å². The first-order chi connectivity index (χ1) is 9.16. The summed E-state index contributed by atoms with van der Waals surface area (Å²) in [5.74, 6) is -0.963. The highest BCUT2D eigenvalue weighted by atomic mass is 32.2. The molecule has 8 heteroatoms. The Morgan fingerprint density at radius 2 is 1.75 bits per heavy atom. The van der Waals surface area contributed by atoms with Gasteiger partial charge in [-0.1, -0.05) is 19.3 Å². The van der Waals surface area contributed by atoms with Crippen LogP contribution in [0.25, 0.3) is 0 Å². The fourth-order valence-corrected chi connectivity index (χ4v) is 3.21. The lowest BCUT2D eigenvalue weighted by Crippen LogP contribution is -2.27. The van der Waals surface area contributed by atoms with Crippen molar-refractivity contribution in [2.24, 2.45) is 0 Å². The fourth-order valence-electron chi connectivity index (χ4n) is 1.61. The average Bonchev–Trinajstić information content (AvgIpc) is 2.32. The van der Waals surface area contributed by atoms with Gasteiger partial charge >= 0.3 is 5.97 Å². The lowest BCUT2D eigenvalue weighted by Gasteiger charge is -2.19. The molecule has 0 bridgehead atoms. The third-order valence-electron chi connectivity index (χ3n) is 3.07. The molecule has 0 rings (SSSR count). The second-order valence-electron chi connectivity index (χ2n) is 5.38. The highest BCUT2D eigenvalue weighted by Gasteiger charge is 2.19. The minimum atomic E-state index is -4.05. The lowest BCUT2D eigenvalue weighted by atomic mass is 10.1. The zero-order valence-electron chi connectivity index (χ0n) is 12.6. The maximum absolute atomic E-state index is 11.3. The van der Waals surface area contributed by atoms with Crippen molar-refractivity contribution in [1.82, 2.24) is 0 Å². The molecule has 0 saturated heterocycles. The van der Waals surface area contributed by atoms with Gasteiger partial charge in [-0.15, -0.1) is 0 Å². The van der Waals surface area contributed by atoms with Gasteiger partial charge < -0.3 is 9.16 Å². The second-order valence-corrected chi connectivity index (χ2v) is 11.4. The van der Waals surface area contributed by atoms with Gasteiger partial charge in [-0.05, 0) is 25.6 Å². The van der Waals surface area contributed by atoms with Crippen LogP contribution in [-0.2, 0) is 24.1 Å². The molecule has 20 heavy (non-hydrogen) atoms. The summed E-state index contributed by atoms with van der Waals surface area (Å²) in [6.07, 6.45) is 4.13. The molecule has 0 aromatic rings. The molecule has 0 aliphatic carbocycles. The van der Waals surface area contributed by atoms with Crippen LogP contribution in [0.3, 0.4) is 0 Å². The summed E-state index contributed by atoms with van der Waals surface area (Å²) in [4.78, 5) is 11.3. The van der Waals surface area contributed by atoms with Gasteiger partial charge in [0.1, 0.15) is 12.4 Å². The zero-order valence-corrected chi connectivity index (χ0v) is 14.4. The quantitative estimate of drug-likeness (QED) is 0.271. The van der Waals surface area contributed by atoms with Crippen LogP contribution in [-0.4, -0.2) is 46.7 Å². The molecule has 0 atom stereocenters. The van der Waals surface area contributed by atoms with E-state index >= 15 is 0 Å². The van der Waals surface area contributed by atoms with Gasteiger partial charge in [0.05, 0.1) is 0 Å². The van der Waals surface area contributed by atoms with Gasteiger partial charge in [0.25, 0.3) is 10.1 Å². The monoisotopic (exact) mass is 326 g/mol. The van der Waals surface area contributed by atoms with Gasteiger partial charge in [-0.3, -0.25) is 9.35 Å². The predicted molar refractivity (Wildman–Crippen MR) is 79.8 cm³/mol. The Hall–Kier alpha value is -0.443. The van der Waals surface area contributed by atoms with Crippen LogP contribution in [0.1, 0.15) is 32.1 Å². The van der Waals surface area contributed by atoms with Crippen molar-refractivity contribution in [2.75, 3.05) is 19.5 Å². The van der Waals surface area contributed by atoms with Crippen molar-refractivity contribution in [3.8, 4) is 0 Å². The van der Waals surface area contributed by atoms with Gasteiger partial charge in [0, 0.05) is 13.5 Å². The molecule has 0 unspecified atom stereocenters. The van der Waals surface area contributed by atoms with Crippen LogP contribution in [0.2, 0.25) is 19.1 Å². The largest absolute Gasteiger partial charge is 0.464 e. The van der Waals surface area contributed by atoms with Gasteiger partial charge in [0.2, 0.25) is 0 Å². The molecule has 1 N–H and O–H groups in total. The van der Waals surface area contributed by atoms with Crippen molar-refractivity contribution in [2.45, 2.75) is 51.2 Å². The van der Waals surface area contributed by atoms with Crippen molar-refractivity contribution in [1.29, 1.82) is 0 Å². The van der Waals surface area contributed by atoms with Crippen LogP contribution in [0.5, 0.6) is 0 Å². The SMILES string of the molecule is CO[Si](C)(C)CCCCCCC(=O)OCCS(=O)(=O)O.